The zero-order valence-corrected chi connectivity index (χ0v) is 34.4. The maximum absolute atomic E-state index is 11.7. The Morgan fingerprint density at radius 2 is 1.29 bits per heavy atom. The molecule has 9 rings (SSSR count). The smallest absolute Gasteiger partial charge is 0.148 e. The molecule has 0 amide bonds. The molecule has 0 fully saturated rings. The summed E-state index contributed by atoms with van der Waals surface area (Å²) in [6.07, 6.45) is 1.81. The first-order valence-corrected chi connectivity index (χ1v) is 18.9. The number of benzene rings is 7. The summed E-state index contributed by atoms with van der Waals surface area (Å²) in [5.74, 6) is 0.377. The van der Waals surface area contributed by atoms with Crippen LogP contribution in [-0.2, 0) is 21.1 Å². The Kier molecular flexibility index (Phi) is 8.68. The molecule has 0 radical (unpaired) electrons. The molecule has 0 aliphatic carbocycles. The second kappa shape index (κ2) is 15.9. The fourth-order valence-corrected chi connectivity index (χ4v) is 7.64. The Hall–Kier alpha value is -6.35. The number of aromatic nitrogens is 3. The van der Waals surface area contributed by atoms with E-state index in [1.807, 2.05) is 85.3 Å². The molecule has 286 valence electrons. The monoisotopic (exact) mass is 937 g/mol. The van der Waals surface area contributed by atoms with Crippen molar-refractivity contribution < 1.29 is 34.4 Å². The van der Waals surface area contributed by atoms with Gasteiger partial charge in [-0.2, -0.15) is 0 Å². The number of imidazole rings is 1. The summed E-state index contributed by atoms with van der Waals surface area (Å²) >= 11 is 0. The molecule has 0 atom stereocenters. The van der Waals surface area contributed by atoms with Crippen LogP contribution in [0.25, 0.3) is 83.9 Å². The molecular formula is C53H42N3OPt-. The minimum Gasteiger partial charge on any atom is -0.507 e. The number of phenols is 1. The number of nitrogens with zero attached hydrogens (tertiary/aromatic N) is 3. The van der Waals surface area contributed by atoms with E-state index in [1.54, 1.807) is 30.3 Å². The van der Waals surface area contributed by atoms with Crippen molar-refractivity contribution in [1.29, 1.82) is 0 Å². The molecule has 2 aromatic heterocycles. The van der Waals surface area contributed by atoms with E-state index in [0.717, 1.165) is 50.2 Å². The standard InChI is InChI=1S/C53H42N3O.Pt/c1-33-19-21-39(22-20-33)41-23-24-54-49(31-41)44-29-42(38-13-8-6-9-14-38)28-43(30-44)46-17-12-18-50-51(46)55-53(48-26-34(2)25-36(4)52(48)57)56(50)45-27-35(3)37(5)47(32-45)40-15-10-7-11-16-40;/h6-29,31-32,57H,1-5H3;/q-1;/i3D3,5D3;. The van der Waals surface area contributed by atoms with Crippen LogP contribution in [0.4, 0.5) is 0 Å². The molecule has 9 aromatic rings. The quantitative estimate of drug-likeness (QED) is 0.162. The fraction of sp³-hybridized carbons (Fsp3) is 0.0943. The van der Waals surface area contributed by atoms with E-state index in [0.29, 0.717) is 39.2 Å². The zero-order valence-electron chi connectivity index (χ0n) is 38.1. The van der Waals surface area contributed by atoms with E-state index in [-0.39, 0.29) is 43.5 Å². The van der Waals surface area contributed by atoms with Crippen molar-refractivity contribution >= 4 is 11.0 Å². The molecule has 5 heteroatoms. The number of rotatable bonds is 7. The summed E-state index contributed by atoms with van der Waals surface area (Å²) in [7, 11) is 0. The molecule has 0 spiro atoms. The Balaban J connectivity index is 0.00000560. The van der Waals surface area contributed by atoms with Gasteiger partial charge in [-0.1, -0.05) is 131 Å². The topological polar surface area (TPSA) is 50.9 Å². The van der Waals surface area contributed by atoms with Crippen LogP contribution < -0.4 is 0 Å². The number of aryl methyl sites for hydroxylation is 4. The molecular weight excluding hydrogens is 890 g/mol. The van der Waals surface area contributed by atoms with Crippen LogP contribution in [0.5, 0.6) is 5.75 Å². The Morgan fingerprint density at radius 1 is 0.569 bits per heavy atom. The number of fused-ring (bicyclic) bond motifs is 1. The van der Waals surface area contributed by atoms with Gasteiger partial charge in [0.05, 0.1) is 16.6 Å². The van der Waals surface area contributed by atoms with Gasteiger partial charge >= 0.3 is 0 Å². The summed E-state index contributed by atoms with van der Waals surface area (Å²) in [5.41, 5.74) is 12.0. The summed E-state index contributed by atoms with van der Waals surface area (Å²) in [4.78, 5) is 10.2. The minimum absolute atomic E-state index is 0. The van der Waals surface area contributed by atoms with Gasteiger partial charge in [-0.25, -0.2) is 4.98 Å². The van der Waals surface area contributed by atoms with Gasteiger partial charge < -0.3 is 5.11 Å². The molecule has 4 nitrogen and oxygen atoms in total. The van der Waals surface area contributed by atoms with Crippen molar-refractivity contribution in [2.45, 2.75) is 34.5 Å². The van der Waals surface area contributed by atoms with Crippen LogP contribution in [0.15, 0.2) is 158 Å². The third kappa shape index (κ3) is 7.21. The molecule has 1 N–H and O–H groups in total. The summed E-state index contributed by atoms with van der Waals surface area (Å²) in [6, 6.07) is 52.1. The maximum atomic E-state index is 11.7. The second-order valence-electron chi connectivity index (χ2n) is 14.6. The average Bonchev–Trinajstić information content (AvgIpc) is 3.67. The molecule has 0 saturated heterocycles. The van der Waals surface area contributed by atoms with E-state index in [1.165, 1.54) is 11.6 Å². The normalized spacial score (nSPS) is 13.1. The maximum Gasteiger partial charge on any atom is 0.148 e. The van der Waals surface area contributed by atoms with E-state index in [9.17, 15) is 5.11 Å². The van der Waals surface area contributed by atoms with Crippen LogP contribution in [-0.4, -0.2) is 19.6 Å². The van der Waals surface area contributed by atoms with Gasteiger partial charge in [-0.3, -0.25) is 9.55 Å². The fourth-order valence-electron chi connectivity index (χ4n) is 7.64. The molecule has 2 heterocycles. The van der Waals surface area contributed by atoms with Gasteiger partial charge in [0.1, 0.15) is 11.6 Å². The van der Waals surface area contributed by atoms with Gasteiger partial charge in [-0.05, 0) is 115 Å². The first-order valence-electron chi connectivity index (χ1n) is 21.9. The number of hydrogen-bond donors (Lipinski definition) is 1. The van der Waals surface area contributed by atoms with Crippen molar-refractivity contribution in [2.24, 2.45) is 0 Å². The number of pyridine rings is 1. The Morgan fingerprint density at radius 3 is 2.03 bits per heavy atom. The Bertz CT molecular complexity index is 3180. The van der Waals surface area contributed by atoms with Crippen molar-refractivity contribution in [2.75, 3.05) is 0 Å². The molecule has 7 aromatic carbocycles. The number of aromatic hydroxyl groups is 1. The molecule has 0 aliphatic rings. The SMILES string of the molecule is [2H]C([2H])([2H])c1cc(-n2c(-c3cc(C)cc(C)c3O)nc3c(-c4[c-]c(-c5cc(-c6ccc(C)cc6)ccn5)cc(-c5ccccc5)c4)cccc32)cc(-c2ccccc2)c1C([2H])([2H])[2H].[Pt]. The third-order valence-corrected chi connectivity index (χ3v) is 10.5. The predicted molar refractivity (Wildman–Crippen MR) is 236 cm³/mol. The second-order valence-corrected chi connectivity index (χ2v) is 14.6. The van der Waals surface area contributed by atoms with Gasteiger partial charge in [-0.15, -0.1) is 23.8 Å². The van der Waals surface area contributed by atoms with Gasteiger partial charge in [0.25, 0.3) is 0 Å². The van der Waals surface area contributed by atoms with E-state index in [2.05, 4.69) is 67.6 Å². The third-order valence-electron chi connectivity index (χ3n) is 10.5. The van der Waals surface area contributed by atoms with Crippen LogP contribution >= 0.6 is 0 Å². The van der Waals surface area contributed by atoms with Gasteiger partial charge in [0.15, 0.2) is 0 Å². The molecule has 0 unspecified atom stereocenters. The van der Waals surface area contributed by atoms with E-state index >= 15 is 0 Å². The average molecular weight is 938 g/mol. The van der Waals surface area contributed by atoms with Crippen LogP contribution in [0.2, 0.25) is 0 Å². The molecule has 0 bridgehead atoms. The Labute approximate surface area is 363 Å². The van der Waals surface area contributed by atoms with Crippen molar-refractivity contribution in [1.82, 2.24) is 14.5 Å². The van der Waals surface area contributed by atoms with Crippen LogP contribution in [0.3, 0.4) is 0 Å². The number of hydrogen-bond acceptors (Lipinski definition) is 3. The first-order chi connectivity index (χ1) is 30.1. The number of phenolic OH excluding ortho intramolecular Hbond substituents is 1. The summed E-state index contributed by atoms with van der Waals surface area (Å²) in [5, 5.41) is 11.7. The van der Waals surface area contributed by atoms with Crippen molar-refractivity contribution in [3.05, 3.63) is 192 Å². The molecule has 58 heavy (non-hydrogen) atoms. The van der Waals surface area contributed by atoms with Crippen molar-refractivity contribution in [3.8, 4) is 78.6 Å². The molecule has 0 aliphatic heterocycles. The van der Waals surface area contributed by atoms with Crippen molar-refractivity contribution in [3.63, 3.8) is 0 Å². The van der Waals surface area contributed by atoms with Gasteiger partial charge in [0.2, 0.25) is 0 Å². The predicted octanol–water partition coefficient (Wildman–Crippen LogP) is 13.5. The van der Waals surface area contributed by atoms with Crippen LogP contribution in [0.1, 0.15) is 36.0 Å². The van der Waals surface area contributed by atoms with E-state index in [4.69, 9.17) is 18.2 Å². The van der Waals surface area contributed by atoms with Crippen LogP contribution in [0, 0.1) is 40.5 Å². The van der Waals surface area contributed by atoms with Gasteiger partial charge in [0, 0.05) is 46.9 Å². The summed E-state index contributed by atoms with van der Waals surface area (Å²) < 4.78 is 53.5. The zero-order chi connectivity index (χ0) is 44.2. The minimum atomic E-state index is -2.79. The molecule has 0 saturated carbocycles. The number of para-hydroxylation sites is 1. The summed E-state index contributed by atoms with van der Waals surface area (Å²) in [6.45, 7) is 0.284. The largest absolute Gasteiger partial charge is 0.507 e. The first kappa shape index (κ1) is 31.7. The van der Waals surface area contributed by atoms with E-state index < -0.39 is 13.7 Å².